The number of esters is 2. The van der Waals surface area contributed by atoms with Gasteiger partial charge >= 0.3 is 11.9 Å². The number of carbonyl (C=O) groups excluding carboxylic acids is 2. The average molecular weight is 624 g/mol. The van der Waals surface area contributed by atoms with Crippen LogP contribution in [0.3, 0.4) is 0 Å². The highest BCUT2D eigenvalue weighted by Gasteiger charge is 2.71. The van der Waals surface area contributed by atoms with Crippen molar-refractivity contribution in [3.8, 4) is 0 Å². The molecule has 2 saturated heterocycles. The third kappa shape index (κ3) is 4.60. The first-order chi connectivity index (χ1) is 21.1. The number of rotatable bonds is 6. The summed E-state index contributed by atoms with van der Waals surface area (Å²) >= 11 is 0. The molecule has 252 valence electrons. The predicted octanol–water partition coefficient (Wildman–Crippen LogP) is 7.22. The van der Waals surface area contributed by atoms with Gasteiger partial charge < -0.3 is 14.0 Å². The Morgan fingerprint density at radius 3 is 2.20 bits per heavy atom. The van der Waals surface area contributed by atoms with E-state index in [0.29, 0.717) is 36.2 Å². The number of quaternary nitrogens is 1. The van der Waals surface area contributed by atoms with E-state index in [-0.39, 0.29) is 45.1 Å². The van der Waals surface area contributed by atoms with Gasteiger partial charge in [-0.2, -0.15) is 0 Å². The minimum atomic E-state index is -0.130. The monoisotopic (exact) mass is 623 g/mol. The first-order valence-corrected chi connectivity index (χ1v) is 18.7. The predicted molar refractivity (Wildman–Crippen MR) is 177 cm³/mol. The third-order valence-corrected chi connectivity index (χ3v) is 16.8. The van der Waals surface area contributed by atoms with Crippen LogP contribution in [0.4, 0.5) is 0 Å². The van der Waals surface area contributed by atoms with E-state index in [2.05, 4.69) is 39.5 Å². The summed E-state index contributed by atoms with van der Waals surface area (Å²) < 4.78 is 13.2. The molecule has 5 saturated carbocycles. The maximum Gasteiger partial charge on any atom is 0.302 e. The second kappa shape index (κ2) is 10.5. The summed E-state index contributed by atoms with van der Waals surface area (Å²) in [6, 6.07) is 0. The number of hydrogen-bond donors (Lipinski definition) is 0. The van der Waals surface area contributed by atoms with E-state index < -0.39 is 0 Å². The Balaban J connectivity index is 1.20. The summed E-state index contributed by atoms with van der Waals surface area (Å²) in [6.45, 7) is 28.9. The van der Waals surface area contributed by atoms with Gasteiger partial charge in [-0.25, -0.2) is 4.90 Å². The summed E-state index contributed by atoms with van der Waals surface area (Å²) in [6.07, 6.45) is 12.1. The summed E-state index contributed by atoms with van der Waals surface area (Å²) in [5.41, 5.74) is 2.40. The summed E-state index contributed by atoms with van der Waals surface area (Å²) in [4.78, 5) is 26.9. The van der Waals surface area contributed by atoms with Crippen molar-refractivity contribution >= 4 is 11.9 Å². The molecule has 0 N–H and O–H groups in total. The highest BCUT2D eigenvalue weighted by molar-refractivity contribution is 5.66. The molecule has 10 atom stereocenters. The van der Waals surface area contributed by atoms with Crippen molar-refractivity contribution in [2.45, 2.75) is 119 Å². The van der Waals surface area contributed by atoms with Crippen LogP contribution in [0.25, 0.3) is 0 Å². The summed E-state index contributed by atoms with van der Waals surface area (Å²) in [5, 5.41) is 0. The quantitative estimate of drug-likeness (QED) is 0.178. The molecule has 0 amide bonds. The van der Waals surface area contributed by atoms with Crippen LogP contribution in [0, 0.1) is 56.7 Å². The van der Waals surface area contributed by atoms with Gasteiger partial charge in [-0.3, -0.25) is 9.59 Å². The molecule has 7 aliphatic rings. The molecule has 6 nitrogen and oxygen atoms in total. The topological polar surface area (TPSA) is 55.8 Å². The largest absolute Gasteiger partial charge is 0.465 e. The Kier molecular flexibility index (Phi) is 7.54. The van der Waals surface area contributed by atoms with Crippen molar-refractivity contribution < 1.29 is 23.5 Å². The summed E-state index contributed by atoms with van der Waals surface area (Å²) in [7, 11) is 0. The number of carbonyl (C=O) groups is 2. The SMILES string of the molecule is C=C(C[N+]12CCN(CC1)C2)C1CC[C@]2(COC(C)=O)CC[C@]3(C)C(CCC4[C@@]5(C)CC[C@H](OC(C)=O)C(C)(C)C5CC[C@]43C)C12. The van der Waals surface area contributed by atoms with Crippen LogP contribution in [-0.2, 0) is 19.1 Å². The van der Waals surface area contributed by atoms with Gasteiger partial charge in [0.05, 0.1) is 32.8 Å². The van der Waals surface area contributed by atoms with Crippen molar-refractivity contribution in [1.29, 1.82) is 0 Å². The molecule has 6 heteroatoms. The zero-order valence-corrected chi connectivity index (χ0v) is 29.7. The smallest absolute Gasteiger partial charge is 0.302 e. The fraction of sp³-hybridized carbons (Fsp3) is 0.897. The van der Waals surface area contributed by atoms with Crippen LogP contribution in [0.1, 0.15) is 113 Å². The molecule has 7 fully saturated rings. The number of hydrogen-bond acceptors (Lipinski definition) is 5. The molecule has 0 radical (unpaired) electrons. The molecule has 2 aliphatic heterocycles. The van der Waals surface area contributed by atoms with Gasteiger partial charge in [0, 0.05) is 24.7 Å². The number of ether oxygens (including phenoxy) is 2. The average Bonchev–Trinajstić information content (AvgIpc) is 3.67. The van der Waals surface area contributed by atoms with E-state index in [4.69, 9.17) is 16.1 Å². The van der Waals surface area contributed by atoms with Crippen LogP contribution in [0.5, 0.6) is 0 Å². The van der Waals surface area contributed by atoms with Gasteiger partial charge in [-0.05, 0) is 116 Å². The Bertz CT molecular complexity index is 1240. The van der Waals surface area contributed by atoms with Crippen molar-refractivity contribution in [2.75, 3.05) is 46.0 Å². The van der Waals surface area contributed by atoms with Gasteiger partial charge in [0.25, 0.3) is 0 Å². The van der Waals surface area contributed by atoms with Crippen LogP contribution < -0.4 is 0 Å². The minimum absolute atomic E-state index is 0.00842. The molecule has 2 bridgehead atoms. The van der Waals surface area contributed by atoms with E-state index >= 15 is 0 Å². The molecule has 0 aromatic rings. The zero-order valence-electron chi connectivity index (χ0n) is 29.7. The van der Waals surface area contributed by atoms with E-state index in [0.717, 1.165) is 19.4 Å². The van der Waals surface area contributed by atoms with Gasteiger partial charge in [-0.15, -0.1) is 0 Å². The van der Waals surface area contributed by atoms with E-state index in [1.807, 2.05) is 0 Å². The van der Waals surface area contributed by atoms with Crippen molar-refractivity contribution in [3.63, 3.8) is 0 Å². The Hall–Kier alpha value is -1.40. The Morgan fingerprint density at radius 2 is 1.56 bits per heavy atom. The standard InChI is InChI=1S/C39H63N2O4/c1-26(23-41-21-19-40(25-41)20-22-41)29-11-16-39(24-44-27(2)42)18-17-37(7)30(34(29)39)9-10-32-36(6)14-13-33(45-28(3)43)35(4,5)31(36)12-15-38(32,37)8/h29-34H,1,9-25H2,2-8H3/q+1/t29?,30?,31?,32?,33-,34?,36-,37+,38+,39+/m0/s1. The number of piperazine rings is 1. The van der Waals surface area contributed by atoms with Crippen molar-refractivity contribution in [2.24, 2.45) is 56.7 Å². The maximum atomic E-state index is 12.2. The molecule has 0 aromatic carbocycles. The lowest BCUT2D eigenvalue weighted by atomic mass is 9.32. The minimum Gasteiger partial charge on any atom is -0.465 e. The van der Waals surface area contributed by atoms with Gasteiger partial charge in [0.1, 0.15) is 19.3 Å². The van der Waals surface area contributed by atoms with Crippen molar-refractivity contribution in [3.05, 3.63) is 12.2 Å². The van der Waals surface area contributed by atoms with Crippen LogP contribution in [-0.4, -0.2) is 73.4 Å². The molecule has 0 spiro atoms. The normalized spacial score (nSPS) is 51.0. The third-order valence-electron chi connectivity index (χ3n) is 16.8. The Morgan fingerprint density at radius 1 is 0.822 bits per heavy atom. The molecule has 45 heavy (non-hydrogen) atoms. The molecular weight excluding hydrogens is 560 g/mol. The lowest BCUT2D eigenvalue weighted by Crippen LogP contribution is -2.67. The molecule has 2 heterocycles. The molecule has 7 rings (SSSR count). The van der Waals surface area contributed by atoms with E-state index in [9.17, 15) is 9.59 Å². The maximum absolute atomic E-state index is 12.2. The molecular formula is C39H63N2O4+. The van der Waals surface area contributed by atoms with Crippen molar-refractivity contribution in [1.82, 2.24) is 4.90 Å². The first-order valence-electron chi connectivity index (χ1n) is 18.7. The highest BCUT2D eigenvalue weighted by atomic mass is 16.5. The Labute approximate surface area is 273 Å². The lowest BCUT2D eigenvalue weighted by Gasteiger charge is -2.73. The zero-order chi connectivity index (χ0) is 32.2. The second-order valence-electron chi connectivity index (χ2n) is 18.8. The number of nitrogens with zero attached hydrogens (tertiary/aromatic N) is 2. The number of fused-ring (bicyclic) bond motifs is 9. The molecule has 0 aromatic heterocycles. The van der Waals surface area contributed by atoms with E-state index in [1.165, 1.54) is 94.3 Å². The first kappa shape index (κ1) is 32.2. The van der Waals surface area contributed by atoms with Gasteiger partial charge in [0.2, 0.25) is 0 Å². The fourth-order valence-corrected chi connectivity index (χ4v) is 14.5. The second-order valence-corrected chi connectivity index (χ2v) is 18.8. The van der Waals surface area contributed by atoms with Crippen LogP contribution in [0.2, 0.25) is 0 Å². The molecule has 5 unspecified atom stereocenters. The molecule has 5 aliphatic carbocycles. The lowest BCUT2D eigenvalue weighted by molar-refractivity contribution is -0.904. The van der Waals surface area contributed by atoms with Gasteiger partial charge in [-0.1, -0.05) is 41.2 Å². The van der Waals surface area contributed by atoms with E-state index in [1.54, 1.807) is 13.8 Å². The fourth-order valence-electron chi connectivity index (χ4n) is 14.5. The highest BCUT2D eigenvalue weighted by Crippen LogP contribution is 2.77. The van der Waals surface area contributed by atoms with Crippen LogP contribution in [0.15, 0.2) is 12.2 Å². The van der Waals surface area contributed by atoms with Gasteiger partial charge in [0.15, 0.2) is 0 Å². The van der Waals surface area contributed by atoms with Crippen LogP contribution >= 0.6 is 0 Å². The summed E-state index contributed by atoms with van der Waals surface area (Å²) in [5.74, 6) is 2.74.